The standard InChI is InChI=1S/C17H23F3N4/c1-23(2)14-5-8-24(9-6-14)10-7-22-16-11-13(12-21)3-4-15(16)17(18,19)20/h3-4,11,14,22H,5-10H2,1-2H3. The van der Waals surface area contributed by atoms with E-state index in [1.165, 1.54) is 12.1 Å². The number of hydrogen-bond donors (Lipinski definition) is 1. The number of nitriles is 1. The molecule has 0 atom stereocenters. The topological polar surface area (TPSA) is 42.3 Å². The normalized spacial score (nSPS) is 17.0. The van der Waals surface area contributed by atoms with Crippen molar-refractivity contribution in [3.63, 3.8) is 0 Å². The van der Waals surface area contributed by atoms with Crippen molar-refractivity contribution in [1.82, 2.24) is 9.80 Å². The molecule has 0 saturated carbocycles. The zero-order valence-electron chi connectivity index (χ0n) is 14.0. The van der Waals surface area contributed by atoms with E-state index in [1.807, 2.05) is 6.07 Å². The predicted molar refractivity (Wildman–Crippen MR) is 87.8 cm³/mol. The van der Waals surface area contributed by atoms with Gasteiger partial charge in [0.25, 0.3) is 0 Å². The van der Waals surface area contributed by atoms with E-state index in [9.17, 15) is 13.2 Å². The molecule has 7 heteroatoms. The Kier molecular flexibility index (Phi) is 6.08. The van der Waals surface area contributed by atoms with Crippen LogP contribution in [0.2, 0.25) is 0 Å². The molecule has 0 spiro atoms. The fraction of sp³-hybridized carbons (Fsp3) is 0.588. The first-order valence-corrected chi connectivity index (χ1v) is 8.05. The monoisotopic (exact) mass is 340 g/mol. The Hall–Kier alpha value is -1.78. The average molecular weight is 340 g/mol. The van der Waals surface area contributed by atoms with Crippen LogP contribution in [0.1, 0.15) is 24.0 Å². The van der Waals surface area contributed by atoms with Crippen molar-refractivity contribution in [1.29, 1.82) is 5.26 Å². The van der Waals surface area contributed by atoms with Crippen LogP contribution in [0.4, 0.5) is 18.9 Å². The Labute approximate surface area is 140 Å². The summed E-state index contributed by atoms with van der Waals surface area (Å²) in [4.78, 5) is 4.48. The predicted octanol–water partition coefficient (Wildman–Crippen LogP) is 3.01. The van der Waals surface area contributed by atoms with Crippen LogP contribution >= 0.6 is 0 Å². The van der Waals surface area contributed by atoms with Gasteiger partial charge in [0, 0.05) is 24.8 Å². The highest BCUT2D eigenvalue weighted by Gasteiger charge is 2.33. The summed E-state index contributed by atoms with van der Waals surface area (Å²) in [5.74, 6) is 0. The van der Waals surface area contributed by atoms with Crippen LogP contribution in [0.25, 0.3) is 0 Å². The molecule has 1 N–H and O–H groups in total. The Bertz CT molecular complexity index is 584. The summed E-state index contributed by atoms with van der Waals surface area (Å²) < 4.78 is 39.1. The van der Waals surface area contributed by atoms with Crippen LogP contribution in [-0.4, -0.2) is 56.1 Å². The lowest BCUT2D eigenvalue weighted by atomic mass is 10.0. The largest absolute Gasteiger partial charge is 0.418 e. The van der Waals surface area contributed by atoms with Crippen molar-refractivity contribution >= 4 is 5.69 Å². The highest BCUT2D eigenvalue weighted by atomic mass is 19.4. The number of nitrogens with one attached hydrogen (secondary N) is 1. The molecule has 1 aromatic carbocycles. The molecule has 1 fully saturated rings. The number of nitrogens with zero attached hydrogens (tertiary/aromatic N) is 3. The van der Waals surface area contributed by atoms with Crippen LogP contribution in [0.3, 0.4) is 0 Å². The van der Waals surface area contributed by atoms with E-state index < -0.39 is 11.7 Å². The Morgan fingerprint density at radius 2 is 1.96 bits per heavy atom. The van der Waals surface area contributed by atoms with Gasteiger partial charge in [-0.1, -0.05) is 0 Å². The van der Waals surface area contributed by atoms with Crippen LogP contribution in [0.15, 0.2) is 18.2 Å². The number of alkyl halides is 3. The molecule has 0 aromatic heterocycles. The number of halogens is 3. The second kappa shape index (κ2) is 7.86. The minimum absolute atomic E-state index is 0.0234. The minimum Gasteiger partial charge on any atom is -0.383 e. The van der Waals surface area contributed by atoms with Crippen molar-refractivity contribution < 1.29 is 13.2 Å². The van der Waals surface area contributed by atoms with Crippen LogP contribution in [0.5, 0.6) is 0 Å². The lowest BCUT2D eigenvalue weighted by molar-refractivity contribution is -0.136. The zero-order valence-corrected chi connectivity index (χ0v) is 14.0. The van der Waals surface area contributed by atoms with Gasteiger partial charge in [-0.05, 0) is 58.2 Å². The molecule has 0 bridgehead atoms. The molecular weight excluding hydrogens is 317 g/mol. The van der Waals surface area contributed by atoms with Gasteiger partial charge in [0.15, 0.2) is 0 Å². The quantitative estimate of drug-likeness (QED) is 0.895. The molecule has 1 aliphatic heterocycles. The van der Waals surface area contributed by atoms with E-state index in [1.54, 1.807) is 0 Å². The van der Waals surface area contributed by atoms with Gasteiger partial charge in [-0.15, -0.1) is 0 Å². The summed E-state index contributed by atoms with van der Waals surface area (Å²) in [6.07, 6.45) is -2.28. The molecule has 1 aliphatic rings. The van der Waals surface area contributed by atoms with E-state index >= 15 is 0 Å². The minimum atomic E-state index is -4.43. The molecule has 1 saturated heterocycles. The van der Waals surface area contributed by atoms with Crippen molar-refractivity contribution in [2.24, 2.45) is 0 Å². The average Bonchev–Trinajstić information content (AvgIpc) is 2.54. The molecule has 0 amide bonds. The van der Waals surface area contributed by atoms with Gasteiger partial charge < -0.3 is 15.1 Å². The van der Waals surface area contributed by atoms with E-state index in [0.717, 1.165) is 32.0 Å². The first kappa shape index (κ1) is 18.6. The maximum atomic E-state index is 13.0. The van der Waals surface area contributed by atoms with Gasteiger partial charge >= 0.3 is 6.18 Å². The van der Waals surface area contributed by atoms with Gasteiger partial charge in [0.1, 0.15) is 0 Å². The molecular formula is C17H23F3N4. The molecule has 1 aromatic rings. The molecule has 0 unspecified atom stereocenters. The van der Waals surface area contributed by atoms with Gasteiger partial charge in [0.2, 0.25) is 0 Å². The Balaban J connectivity index is 1.92. The zero-order chi connectivity index (χ0) is 17.7. The number of anilines is 1. The third kappa shape index (κ3) is 4.86. The van der Waals surface area contributed by atoms with E-state index in [0.29, 0.717) is 19.1 Å². The smallest absolute Gasteiger partial charge is 0.383 e. The first-order valence-electron chi connectivity index (χ1n) is 8.05. The second-order valence-electron chi connectivity index (χ2n) is 6.33. The van der Waals surface area contributed by atoms with Crippen LogP contribution in [0, 0.1) is 11.3 Å². The van der Waals surface area contributed by atoms with Crippen molar-refractivity contribution in [3.8, 4) is 6.07 Å². The fourth-order valence-corrected chi connectivity index (χ4v) is 3.02. The summed E-state index contributed by atoms with van der Waals surface area (Å²) in [6.45, 7) is 3.02. The lowest BCUT2D eigenvalue weighted by Gasteiger charge is -2.35. The summed E-state index contributed by atoms with van der Waals surface area (Å²) in [5, 5.41) is 11.7. The third-order valence-corrected chi connectivity index (χ3v) is 4.48. The van der Waals surface area contributed by atoms with Gasteiger partial charge in [-0.2, -0.15) is 18.4 Å². The molecule has 24 heavy (non-hydrogen) atoms. The molecule has 132 valence electrons. The Morgan fingerprint density at radius 1 is 1.29 bits per heavy atom. The van der Waals surface area contributed by atoms with E-state index in [2.05, 4.69) is 29.2 Å². The number of piperidine rings is 1. The lowest BCUT2D eigenvalue weighted by Crippen LogP contribution is -2.43. The maximum absolute atomic E-state index is 13.0. The summed E-state index contributed by atoms with van der Waals surface area (Å²) >= 11 is 0. The summed E-state index contributed by atoms with van der Waals surface area (Å²) in [7, 11) is 4.14. The molecule has 1 heterocycles. The van der Waals surface area contributed by atoms with Gasteiger partial charge in [0.05, 0.1) is 17.2 Å². The highest BCUT2D eigenvalue weighted by molar-refractivity contribution is 5.57. The summed E-state index contributed by atoms with van der Waals surface area (Å²) in [6, 6.07) is 5.88. The number of rotatable bonds is 5. The highest BCUT2D eigenvalue weighted by Crippen LogP contribution is 2.35. The molecule has 0 radical (unpaired) electrons. The van der Waals surface area contributed by atoms with Crippen molar-refractivity contribution in [2.45, 2.75) is 25.1 Å². The van der Waals surface area contributed by atoms with Crippen LogP contribution in [-0.2, 0) is 6.18 Å². The first-order chi connectivity index (χ1) is 11.3. The fourth-order valence-electron chi connectivity index (χ4n) is 3.02. The van der Waals surface area contributed by atoms with Crippen molar-refractivity contribution in [2.75, 3.05) is 45.6 Å². The molecule has 0 aliphatic carbocycles. The van der Waals surface area contributed by atoms with E-state index in [-0.39, 0.29) is 11.3 Å². The number of benzene rings is 1. The van der Waals surface area contributed by atoms with Gasteiger partial charge in [-0.25, -0.2) is 0 Å². The Morgan fingerprint density at radius 3 is 2.50 bits per heavy atom. The SMILES string of the molecule is CN(C)C1CCN(CCNc2cc(C#N)ccc2C(F)(F)F)CC1. The molecule has 4 nitrogen and oxygen atoms in total. The number of likely N-dealkylation sites (tertiary alicyclic amines) is 1. The summed E-state index contributed by atoms with van der Waals surface area (Å²) in [5.41, 5.74) is -0.533. The van der Waals surface area contributed by atoms with Gasteiger partial charge in [-0.3, -0.25) is 0 Å². The second-order valence-corrected chi connectivity index (χ2v) is 6.33. The maximum Gasteiger partial charge on any atom is 0.418 e. The van der Waals surface area contributed by atoms with Crippen molar-refractivity contribution in [3.05, 3.63) is 29.3 Å². The number of hydrogen-bond acceptors (Lipinski definition) is 4. The molecule has 2 rings (SSSR count). The third-order valence-electron chi connectivity index (χ3n) is 4.48. The van der Waals surface area contributed by atoms with E-state index in [4.69, 9.17) is 5.26 Å². The van der Waals surface area contributed by atoms with Crippen LogP contribution < -0.4 is 5.32 Å².